The van der Waals surface area contributed by atoms with Crippen molar-refractivity contribution in [1.82, 2.24) is 15.0 Å². The van der Waals surface area contributed by atoms with Crippen LogP contribution in [0.15, 0.2) is 53.8 Å². The molecule has 0 radical (unpaired) electrons. The van der Waals surface area contributed by atoms with Crippen LogP contribution in [0.1, 0.15) is 16.7 Å². The molecular weight excluding hydrogens is 461 g/mol. The smallest absolute Gasteiger partial charge is 0.365 e. The molecule has 2 N–H and O–H groups in total. The third-order valence-corrected chi connectivity index (χ3v) is 5.87. The van der Waals surface area contributed by atoms with Crippen LogP contribution in [-0.2, 0) is 33.8 Å². The van der Waals surface area contributed by atoms with Crippen LogP contribution in [0.4, 0.5) is 30.6 Å². The number of halogens is 3. The SMILES string of the molecule is CS(=O)(=O)c1cncc(CNc2nc(NN3C(=O)Cc4ccccc43)ncc2C(F)(F)F)c1. The van der Waals surface area contributed by atoms with Gasteiger partial charge in [-0.2, -0.15) is 18.2 Å². The predicted molar refractivity (Wildman–Crippen MR) is 113 cm³/mol. The molecule has 2 aromatic heterocycles. The van der Waals surface area contributed by atoms with Gasteiger partial charge < -0.3 is 5.32 Å². The Morgan fingerprint density at radius 2 is 1.91 bits per heavy atom. The minimum atomic E-state index is -4.75. The molecule has 1 aliphatic rings. The summed E-state index contributed by atoms with van der Waals surface area (Å²) in [7, 11) is -3.53. The third-order valence-electron chi connectivity index (χ3n) is 4.79. The Balaban J connectivity index is 1.61. The molecule has 1 aromatic carbocycles. The van der Waals surface area contributed by atoms with Crippen LogP contribution >= 0.6 is 0 Å². The van der Waals surface area contributed by atoms with Crippen molar-refractivity contribution < 1.29 is 26.4 Å². The molecule has 0 saturated carbocycles. The Morgan fingerprint density at radius 1 is 1.15 bits per heavy atom. The fraction of sp³-hybridized carbons (Fsp3) is 0.200. The summed E-state index contributed by atoms with van der Waals surface area (Å²) >= 11 is 0. The number of amides is 1. The van der Waals surface area contributed by atoms with Gasteiger partial charge in [0.2, 0.25) is 11.9 Å². The van der Waals surface area contributed by atoms with Gasteiger partial charge in [-0.25, -0.2) is 18.4 Å². The number of para-hydroxylation sites is 1. The van der Waals surface area contributed by atoms with Crippen LogP contribution < -0.4 is 15.8 Å². The number of hydrogen-bond acceptors (Lipinski definition) is 8. The lowest BCUT2D eigenvalue weighted by atomic mass is 10.2. The number of aromatic nitrogens is 3. The van der Waals surface area contributed by atoms with Crippen molar-refractivity contribution in [3.8, 4) is 0 Å². The maximum Gasteiger partial charge on any atom is 0.421 e. The number of nitrogens with one attached hydrogen (secondary N) is 2. The Labute approximate surface area is 186 Å². The number of pyridine rings is 1. The molecule has 0 spiro atoms. The Bertz CT molecular complexity index is 1330. The molecule has 9 nitrogen and oxygen atoms in total. The summed E-state index contributed by atoms with van der Waals surface area (Å²) in [5.41, 5.74) is 3.20. The maximum absolute atomic E-state index is 13.5. The summed E-state index contributed by atoms with van der Waals surface area (Å²) in [5, 5.41) is 3.74. The van der Waals surface area contributed by atoms with Crippen molar-refractivity contribution in [3.05, 3.63) is 65.6 Å². The molecule has 1 amide bonds. The van der Waals surface area contributed by atoms with E-state index in [1.54, 1.807) is 24.3 Å². The highest BCUT2D eigenvalue weighted by molar-refractivity contribution is 7.90. The van der Waals surface area contributed by atoms with Crippen molar-refractivity contribution in [2.24, 2.45) is 0 Å². The zero-order valence-electron chi connectivity index (χ0n) is 17.1. The maximum atomic E-state index is 13.5. The molecule has 0 atom stereocenters. The normalized spacial score (nSPS) is 13.7. The summed E-state index contributed by atoms with van der Waals surface area (Å²) in [6.07, 6.45) is -0.520. The second-order valence-electron chi connectivity index (χ2n) is 7.25. The highest BCUT2D eigenvalue weighted by atomic mass is 32.2. The monoisotopic (exact) mass is 478 g/mol. The number of hydrazine groups is 1. The van der Waals surface area contributed by atoms with Gasteiger partial charge in [-0.15, -0.1) is 0 Å². The lowest BCUT2D eigenvalue weighted by Crippen LogP contribution is -2.34. The second-order valence-corrected chi connectivity index (χ2v) is 9.27. The molecule has 0 saturated heterocycles. The molecule has 0 aliphatic carbocycles. The van der Waals surface area contributed by atoms with Crippen molar-refractivity contribution >= 4 is 33.2 Å². The molecule has 0 fully saturated rings. The number of benzene rings is 1. The first-order valence-corrected chi connectivity index (χ1v) is 11.4. The molecule has 3 aromatic rings. The number of nitrogens with zero attached hydrogens (tertiary/aromatic N) is 4. The van der Waals surface area contributed by atoms with Gasteiger partial charge in [0, 0.05) is 31.4 Å². The first-order valence-electron chi connectivity index (χ1n) is 9.52. The lowest BCUT2D eigenvalue weighted by Gasteiger charge is -2.20. The number of fused-ring (bicyclic) bond motifs is 1. The van der Waals surface area contributed by atoms with E-state index in [4.69, 9.17) is 0 Å². The van der Waals surface area contributed by atoms with Gasteiger partial charge in [0.05, 0.1) is 17.0 Å². The zero-order valence-corrected chi connectivity index (χ0v) is 17.9. The summed E-state index contributed by atoms with van der Waals surface area (Å²) in [4.78, 5) is 23.7. The molecule has 33 heavy (non-hydrogen) atoms. The number of rotatable bonds is 6. The summed E-state index contributed by atoms with van der Waals surface area (Å²) in [6, 6.07) is 8.28. The van der Waals surface area contributed by atoms with Crippen LogP contribution in [0, 0.1) is 0 Å². The van der Waals surface area contributed by atoms with Crippen LogP contribution in [0.2, 0.25) is 0 Å². The van der Waals surface area contributed by atoms with E-state index in [0.29, 0.717) is 17.4 Å². The number of hydrogen-bond donors (Lipinski definition) is 2. The lowest BCUT2D eigenvalue weighted by molar-refractivity contribution is -0.137. The molecule has 1 aliphatic heterocycles. The average Bonchev–Trinajstić information content (AvgIpc) is 3.06. The van der Waals surface area contributed by atoms with E-state index in [0.717, 1.165) is 18.0 Å². The average molecular weight is 478 g/mol. The van der Waals surface area contributed by atoms with Gasteiger partial charge in [0.25, 0.3) is 0 Å². The van der Waals surface area contributed by atoms with Gasteiger partial charge in [-0.3, -0.25) is 15.2 Å². The van der Waals surface area contributed by atoms with Crippen LogP contribution in [0.3, 0.4) is 0 Å². The van der Waals surface area contributed by atoms with Crippen molar-refractivity contribution in [2.45, 2.75) is 24.0 Å². The molecule has 13 heteroatoms. The Hall–Kier alpha value is -3.74. The van der Waals surface area contributed by atoms with Gasteiger partial charge in [-0.05, 0) is 23.3 Å². The van der Waals surface area contributed by atoms with Crippen LogP contribution in [0.25, 0.3) is 0 Å². The minimum Gasteiger partial charge on any atom is -0.365 e. The van der Waals surface area contributed by atoms with E-state index in [1.165, 1.54) is 17.3 Å². The molecule has 4 rings (SSSR count). The first kappa shape index (κ1) is 22.5. The summed E-state index contributed by atoms with van der Waals surface area (Å²) in [6.45, 7) is -0.179. The number of carbonyl (C=O) groups is 1. The van der Waals surface area contributed by atoms with E-state index in [1.807, 2.05) is 0 Å². The highest BCUT2D eigenvalue weighted by Gasteiger charge is 2.36. The summed E-state index contributed by atoms with van der Waals surface area (Å²) in [5.74, 6) is -1.07. The van der Waals surface area contributed by atoms with Crippen LogP contribution in [0.5, 0.6) is 0 Å². The standard InChI is InChI=1S/C20H17F3N6O3S/c1-33(31,32)14-6-12(8-24-10-14)9-25-18-15(20(21,22)23)11-26-19(27-18)28-29-16-5-3-2-4-13(16)7-17(29)30/h2-6,8,10-11H,7,9H2,1H3,(H2,25,26,27,28). The topological polar surface area (TPSA) is 117 Å². The molecular formula is C20H17F3N6O3S. The van der Waals surface area contributed by atoms with E-state index < -0.39 is 27.4 Å². The van der Waals surface area contributed by atoms with Gasteiger partial charge >= 0.3 is 6.18 Å². The number of carbonyl (C=O) groups excluding carboxylic acids is 1. The Morgan fingerprint density at radius 3 is 2.64 bits per heavy atom. The quantitative estimate of drug-likeness (QED) is 0.556. The first-order chi connectivity index (χ1) is 15.5. The molecule has 3 heterocycles. The fourth-order valence-electron chi connectivity index (χ4n) is 3.20. The molecule has 0 unspecified atom stereocenters. The van der Waals surface area contributed by atoms with E-state index >= 15 is 0 Å². The zero-order chi connectivity index (χ0) is 23.8. The van der Waals surface area contributed by atoms with Crippen molar-refractivity contribution in [1.29, 1.82) is 0 Å². The van der Waals surface area contributed by atoms with Gasteiger partial charge in [0.15, 0.2) is 9.84 Å². The van der Waals surface area contributed by atoms with E-state index in [-0.39, 0.29) is 29.7 Å². The van der Waals surface area contributed by atoms with Gasteiger partial charge in [0.1, 0.15) is 11.4 Å². The molecule has 0 bridgehead atoms. The van der Waals surface area contributed by atoms with E-state index in [2.05, 4.69) is 25.7 Å². The number of anilines is 3. The second kappa shape index (κ2) is 8.31. The van der Waals surface area contributed by atoms with E-state index in [9.17, 15) is 26.4 Å². The third kappa shape index (κ3) is 4.87. The summed E-state index contributed by atoms with van der Waals surface area (Å²) < 4.78 is 63.9. The number of alkyl halides is 3. The molecule has 172 valence electrons. The minimum absolute atomic E-state index is 0.0610. The van der Waals surface area contributed by atoms with Crippen molar-refractivity contribution in [2.75, 3.05) is 22.0 Å². The number of sulfone groups is 1. The van der Waals surface area contributed by atoms with Crippen LogP contribution in [-0.4, -0.2) is 35.5 Å². The van der Waals surface area contributed by atoms with Gasteiger partial charge in [-0.1, -0.05) is 18.2 Å². The fourth-order valence-corrected chi connectivity index (χ4v) is 3.82. The highest BCUT2D eigenvalue weighted by Crippen LogP contribution is 2.34. The largest absolute Gasteiger partial charge is 0.421 e. The van der Waals surface area contributed by atoms with Crippen molar-refractivity contribution in [3.63, 3.8) is 0 Å². The Kier molecular flexibility index (Phi) is 5.66. The predicted octanol–water partition coefficient (Wildman–Crippen LogP) is 2.82.